The molecule has 112 valence electrons. The summed E-state index contributed by atoms with van der Waals surface area (Å²) < 4.78 is 5.36. The molecule has 0 aromatic heterocycles. The minimum absolute atomic E-state index is 0.170. The highest BCUT2D eigenvalue weighted by molar-refractivity contribution is 6.05. The molecular formula is C17H27NO2. The second-order valence-electron chi connectivity index (χ2n) is 4.94. The molecule has 0 fully saturated rings. The van der Waals surface area contributed by atoms with E-state index in [0.717, 1.165) is 25.9 Å². The maximum Gasteiger partial charge on any atom is 0.186 e. The summed E-state index contributed by atoms with van der Waals surface area (Å²) in [5.74, 6) is 0.833. The molecule has 3 heteroatoms. The Bertz CT molecular complexity index is 434. The molecule has 0 aliphatic carbocycles. The van der Waals surface area contributed by atoms with Gasteiger partial charge in [0, 0.05) is 0 Å². The van der Waals surface area contributed by atoms with Gasteiger partial charge in [-0.15, -0.1) is 0 Å². The van der Waals surface area contributed by atoms with Crippen LogP contribution in [0.4, 0.5) is 0 Å². The molecule has 0 unspecified atom stereocenters. The van der Waals surface area contributed by atoms with Gasteiger partial charge in [0.2, 0.25) is 0 Å². The zero-order chi connectivity index (χ0) is 15.2. The Morgan fingerprint density at radius 3 is 2.10 bits per heavy atom. The number of nitrogens with zero attached hydrogens (tertiary/aromatic N) is 1. The number of rotatable bonds is 8. The largest absolute Gasteiger partial charge is 0.496 e. The lowest BCUT2D eigenvalue weighted by Crippen LogP contribution is -2.53. The molecule has 1 aromatic carbocycles. The van der Waals surface area contributed by atoms with Crippen LogP contribution in [0.1, 0.15) is 50.9 Å². The fourth-order valence-electron chi connectivity index (χ4n) is 3.07. The number of carbonyl (C=O) groups excluding carboxylic acids is 1. The molecule has 0 spiro atoms. The highest BCUT2D eigenvalue weighted by Crippen LogP contribution is 2.31. The lowest BCUT2D eigenvalue weighted by atomic mass is 9.82. The molecule has 0 heterocycles. The fraction of sp³-hybridized carbons (Fsp3) is 0.588. The first kappa shape index (κ1) is 16.7. The Balaban J connectivity index is 3.30. The van der Waals surface area contributed by atoms with Crippen molar-refractivity contribution in [2.45, 2.75) is 46.1 Å². The molecule has 20 heavy (non-hydrogen) atoms. The van der Waals surface area contributed by atoms with E-state index < -0.39 is 5.54 Å². The maximum absolute atomic E-state index is 13.1. The summed E-state index contributed by atoms with van der Waals surface area (Å²) in [6.07, 6.45) is 1.62. The first-order valence-corrected chi connectivity index (χ1v) is 7.54. The van der Waals surface area contributed by atoms with Gasteiger partial charge in [-0.05, 0) is 38.1 Å². The van der Waals surface area contributed by atoms with Gasteiger partial charge in [0.15, 0.2) is 5.78 Å². The Morgan fingerprint density at radius 1 is 1.10 bits per heavy atom. The van der Waals surface area contributed by atoms with E-state index in [9.17, 15) is 4.79 Å². The number of hydrogen-bond donors (Lipinski definition) is 0. The topological polar surface area (TPSA) is 29.5 Å². The number of methoxy groups -OCH3 is 1. The molecule has 1 aromatic rings. The number of ether oxygens (including phenoxy) is 1. The van der Waals surface area contributed by atoms with Gasteiger partial charge in [-0.25, -0.2) is 0 Å². The van der Waals surface area contributed by atoms with Crippen LogP contribution in [0, 0.1) is 0 Å². The van der Waals surface area contributed by atoms with E-state index >= 15 is 0 Å². The van der Waals surface area contributed by atoms with Gasteiger partial charge < -0.3 is 4.74 Å². The molecule has 3 nitrogen and oxygen atoms in total. The van der Waals surface area contributed by atoms with Crippen LogP contribution in [0.15, 0.2) is 24.3 Å². The van der Waals surface area contributed by atoms with Crippen LogP contribution in [0.2, 0.25) is 0 Å². The van der Waals surface area contributed by atoms with Crippen molar-refractivity contribution in [3.63, 3.8) is 0 Å². The van der Waals surface area contributed by atoms with Gasteiger partial charge in [-0.3, -0.25) is 9.69 Å². The maximum atomic E-state index is 13.1. The van der Waals surface area contributed by atoms with Crippen molar-refractivity contribution < 1.29 is 9.53 Å². The third kappa shape index (κ3) is 2.88. The number of para-hydroxylation sites is 1. The summed E-state index contributed by atoms with van der Waals surface area (Å²) in [5, 5.41) is 0. The zero-order valence-electron chi connectivity index (χ0n) is 13.4. The van der Waals surface area contributed by atoms with Gasteiger partial charge in [-0.2, -0.15) is 0 Å². The van der Waals surface area contributed by atoms with Gasteiger partial charge in [0.05, 0.1) is 18.2 Å². The Hall–Kier alpha value is -1.35. The SMILES string of the molecule is CCN(CC)C(CC)(CC)C(=O)c1ccccc1OC. The minimum atomic E-state index is -0.432. The number of hydrogen-bond acceptors (Lipinski definition) is 3. The molecule has 1 rings (SSSR count). The third-order valence-electron chi connectivity index (χ3n) is 4.31. The van der Waals surface area contributed by atoms with Gasteiger partial charge in [0.1, 0.15) is 5.75 Å². The quantitative estimate of drug-likeness (QED) is 0.677. The fourth-order valence-corrected chi connectivity index (χ4v) is 3.07. The van der Waals surface area contributed by atoms with Crippen LogP contribution in [0.3, 0.4) is 0 Å². The zero-order valence-corrected chi connectivity index (χ0v) is 13.4. The van der Waals surface area contributed by atoms with Gasteiger partial charge in [-0.1, -0.05) is 39.8 Å². The lowest BCUT2D eigenvalue weighted by Gasteiger charge is -2.41. The minimum Gasteiger partial charge on any atom is -0.496 e. The van der Waals surface area contributed by atoms with E-state index in [2.05, 4.69) is 32.6 Å². The second-order valence-corrected chi connectivity index (χ2v) is 4.94. The van der Waals surface area contributed by atoms with E-state index in [1.54, 1.807) is 7.11 Å². The number of likely N-dealkylation sites (N-methyl/N-ethyl adjacent to an activating group) is 1. The van der Waals surface area contributed by atoms with Crippen LogP contribution in [0.5, 0.6) is 5.75 Å². The number of ketones is 1. The predicted octanol–water partition coefficient (Wildman–Crippen LogP) is 3.78. The van der Waals surface area contributed by atoms with Crippen molar-refractivity contribution in [3.05, 3.63) is 29.8 Å². The molecule has 0 saturated carbocycles. The monoisotopic (exact) mass is 277 g/mol. The Morgan fingerprint density at radius 2 is 1.65 bits per heavy atom. The summed E-state index contributed by atoms with van der Waals surface area (Å²) in [6.45, 7) is 10.2. The molecule has 0 saturated heterocycles. The van der Waals surface area contributed by atoms with Crippen molar-refractivity contribution in [1.82, 2.24) is 4.90 Å². The van der Waals surface area contributed by atoms with Crippen molar-refractivity contribution >= 4 is 5.78 Å². The average Bonchev–Trinajstić information content (AvgIpc) is 2.52. The normalized spacial score (nSPS) is 11.7. The number of carbonyl (C=O) groups is 1. The lowest BCUT2D eigenvalue weighted by molar-refractivity contribution is 0.0532. The van der Waals surface area contributed by atoms with Crippen LogP contribution >= 0.6 is 0 Å². The van der Waals surface area contributed by atoms with E-state index in [1.165, 1.54) is 0 Å². The third-order valence-corrected chi connectivity index (χ3v) is 4.31. The van der Waals surface area contributed by atoms with Gasteiger partial charge >= 0.3 is 0 Å². The van der Waals surface area contributed by atoms with Crippen LogP contribution in [0.25, 0.3) is 0 Å². The van der Waals surface area contributed by atoms with E-state index in [4.69, 9.17) is 4.74 Å². The van der Waals surface area contributed by atoms with Crippen molar-refractivity contribution in [3.8, 4) is 5.75 Å². The van der Waals surface area contributed by atoms with Crippen molar-refractivity contribution in [1.29, 1.82) is 0 Å². The summed E-state index contributed by atoms with van der Waals surface area (Å²) in [5.41, 5.74) is 0.253. The molecule has 0 bridgehead atoms. The van der Waals surface area contributed by atoms with Crippen LogP contribution in [-0.4, -0.2) is 36.4 Å². The highest BCUT2D eigenvalue weighted by Gasteiger charge is 2.40. The highest BCUT2D eigenvalue weighted by atomic mass is 16.5. The second kappa shape index (κ2) is 7.44. The van der Waals surface area contributed by atoms with E-state index in [1.807, 2.05) is 24.3 Å². The smallest absolute Gasteiger partial charge is 0.186 e. The predicted molar refractivity (Wildman–Crippen MR) is 83.6 cm³/mol. The average molecular weight is 277 g/mol. The van der Waals surface area contributed by atoms with Crippen LogP contribution in [-0.2, 0) is 0 Å². The summed E-state index contributed by atoms with van der Waals surface area (Å²) in [6, 6.07) is 7.51. The molecule has 0 radical (unpaired) electrons. The summed E-state index contributed by atoms with van der Waals surface area (Å²) >= 11 is 0. The standard InChI is InChI=1S/C17H27NO2/c1-6-17(7-2,18(8-3)9-4)16(19)14-12-10-11-13-15(14)20-5/h10-13H,6-9H2,1-5H3. The number of Topliss-reactive ketones (excluding diaryl/α,β-unsaturated/α-hetero) is 1. The Labute approximate surface area is 122 Å². The summed E-state index contributed by atoms with van der Waals surface area (Å²) in [4.78, 5) is 15.4. The van der Waals surface area contributed by atoms with E-state index in [0.29, 0.717) is 11.3 Å². The summed E-state index contributed by atoms with van der Waals surface area (Å²) in [7, 11) is 1.61. The first-order chi connectivity index (χ1) is 9.61. The molecule has 0 atom stereocenters. The number of benzene rings is 1. The molecule has 0 amide bonds. The van der Waals surface area contributed by atoms with Crippen molar-refractivity contribution in [2.75, 3.05) is 20.2 Å². The molecule has 0 N–H and O–H groups in total. The Kier molecular flexibility index (Phi) is 6.21. The first-order valence-electron chi connectivity index (χ1n) is 7.54. The molecule has 0 aliphatic heterocycles. The van der Waals surface area contributed by atoms with Crippen LogP contribution < -0.4 is 4.74 Å². The van der Waals surface area contributed by atoms with Crippen molar-refractivity contribution in [2.24, 2.45) is 0 Å². The molecular weight excluding hydrogens is 250 g/mol. The van der Waals surface area contributed by atoms with E-state index in [-0.39, 0.29) is 5.78 Å². The molecule has 0 aliphatic rings. The van der Waals surface area contributed by atoms with Gasteiger partial charge in [0.25, 0.3) is 0 Å².